The van der Waals surface area contributed by atoms with Crippen molar-refractivity contribution in [2.24, 2.45) is 0 Å². The quantitative estimate of drug-likeness (QED) is 0.851. The predicted molar refractivity (Wildman–Crippen MR) is 82.4 cm³/mol. The molecule has 108 valence electrons. The van der Waals surface area contributed by atoms with Crippen LogP contribution < -0.4 is 10.1 Å². The minimum absolute atomic E-state index is 0.242. The molecule has 0 aliphatic carbocycles. The first-order chi connectivity index (χ1) is 10.1. The van der Waals surface area contributed by atoms with E-state index in [4.69, 9.17) is 27.9 Å². The van der Waals surface area contributed by atoms with Gasteiger partial charge in [-0.3, -0.25) is 9.59 Å². The molecule has 0 heterocycles. The largest absolute Gasteiger partial charge is 0.483 e. The van der Waals surface area contributed by atoms with Gasteiger partial charge in [0.25, 0.3) is 5.91 Å². The van der Waals surface area contributed by atoms with Crippen LogP contribution >= 0.6 is 23.2 Å². The zero-order valence-electron chi connectivity index (χ0n) is 10.8. The molecule has 0 fully saturated rings. The number of aldehydes is 1. The highest BCUT2D eigenvalue weighted by Crippen LogP contribution is 2.25. The molecule has 2 aromatic carbocycles. The van der Waals surface area contributed by atoms with E-state index in [9.17, 15) is 9.59 Å². The number of benzene rings is 2. The monoisotopic (exact) mass is 323 g/mol. The van der Waals surface area contributed by atoms with Crippen LogP contribution in [0, 0.1) is 0 Å². The third kappa shape index (κ3) is 4.21. The van der Waals surface area contributed by atoms with Crippen LogP contribution in [0.5, 0.6) is 5.75 Å². The fourth-order valence-corrected chi connectivity index (χ4v) is 1.97. The minimum Gasteiger partial charge on any atom is -0.483 e. The van der Waals surface area contributed by atoms with Gasteiger partial charge >= 0.3 is 0 Å². The van der Waals surface area contributed by atoms with E-state index in [1.807, 2.05) is 0 Å². The fraction of sp³-hybridized carbons (Fsp3) is 0.0667. The van der Waals surface area contributed by atoms with Gasteiger partial charge in [-0.1, -0.05) is 35.3 Å². The maximum atomic E-state index is 11.8. The van der Waals surface area contributed by atoms with E-state index in [1.54, 1.807) is 42.5 Å². The Bertz CT molecular complexity index is 674. The summed E-state index contributed by atoms with van der Waals surface area (Å²) in [5.74, 6) is -0.0558. The molecule has 0 spiro atoms. The molecule has 0 aliphatic rings. The summed E-state index contributed by atoms with van der Waals surface area (Å²) in [6.45, 7) is -0.242. The molecular formula is C15H11Cl2NO3. The van der Waals surface area contributed by atoms with E-state index in [0.717, 1.165) is 0 Å². The van der Waals surface area contributed by atoms with E-state index in [2.05, 4.69) is 5.32 Å². The van der Waals surface area contributed by atoms with E-state index >= 15 is 0 Å². The second kappa shape index (κ2) is 7.11. The Hall–Kier alpha value is -2.04. The summed E-state index contributed by atoms with van der Waals surface area (Å²) in [6.07, 6.45) is 0.668. The molecule has 1 N–H and O–H groups in total. The highest BCUT2D eigenvalue weighted by atomic mass is 35.5. The number of carbonyl (C=O) groups excluding carboxylic acids is 2. The number of nitrogens with one attached hydrogen (secondary N) is 1. The van der Waals surface area contributed by atoms with Gasteiger partial charge in [0, 0.05) is 5.02 Å². The number of amides is 1. The molecule has 0 atom stereocenters. The topological polar surface area (TPSA) is 55.4 Å². The lowest BCUT2D eigenvalue weighted by Crippen LogP contribution is -2.20. The molecule has 1 amide bonds. The highest BCUT2D eigenvalue weighted by Gasteiger charge is 2.09. The van der Waals surface area contributed by atoms with Crippen molar-refractivity contribution in [2.45, 2.75) is 0 Å². The summed E-state index contributed by atoms with van der Waals surface area (Å²) < 4.78 is 5.31. The van der Waals surface area contributed by atoms with Crippen molar-refractivity contribution in [1.29, 1.82) is 0 Å². The molecule has 2 rings (SSSR count). The zero-order valence-corrected chi connectivity index (χ0v) is 12.3. The molecule has 0 saturated carbocycles. The van der Waals surface area contributed by atoms with Gasteiger partial charge in [0.15, 0.2) is 12.9 Å². The molecule has 0 aromatic heterocycles. The summed E-state index contributed by atoms with van der Waals surface area (Å²) in [4.78, 5) is 22.7. The van der Waals surface area contributed by atoms with Crippen LogP contribution in [0.15, 0.2) is 42.5 Å². The molecule has 4 nitrogen and oxygen atoms in total. The first-order valence-corrected chi connectivity index (χ1v) is 6.77. The smallest absolute Gasteiger partial charge is 0.262 e. The Balaban J connectivity index is 1.99. The van der Waals surface area contributed by atoms with Crippen molar-refractivity contribution in [3.8, 4) is 5.75 Å². The van der Waals surface area contributed by atoms with Crippen LogP contribution in [-0.2, 0) is 4.79 Å². The Morgan fingerprint density at radius 2 is 1.95 bits per heavy atom. The molecule has 0 unspecified atom stereocenters. The lowest BCUT2D eigenvalue weighted by Gasteiger charge is -2.10. The molecule has 0 saturated heterocycles. The van der Waals surface area contributed by atoms with Gasteiger partial charge in [-0.25, -0.2) is 0 Å². The SMILES string of the molecule is O=Cc1ccccc1OCC(=O)Nc1cc(Cl)ccc1Cl. The number of halogens is 2. The lowest BCUT2D eigenvalue weighted by molar-refractivity contribution is -0.118. The normalized spacial score (nSPS) is 10.0. The van der Waals surface area contributed by atoms with Gasteiger partial charge in [0.1, 0.15) is 5.75 Å². The predicted octanol–water partition coefficient (Wildman–Crippen LogP) is 3.82. The minimum atomic E-state index is -0.403. The first kappa shape index (κ1) is 15.4. The molecule has 0 aliphatic heterocycles. The maximum Gasteiger partial charge on any atom is 0.262 e. The Morgan fingerprint density at radius 3 is 2.71 bits per heavy atom. The number of hydrogen-bond donors (Lipinski definition) is 1. The number of ether oxygens (including phenoxy) is 1. The highest BCUT2D eigenvalue weighted by molar-refractivity contribution is 6.35. The van der Waals surface area contributed by atoms with Gasteiger partial charge in [-0.15, -0.1) is 0 Å². The maximum absolute atomic E-state index is 11.8. The third-order valence-corrected chi connectivity index (χ3v) is 3.17. The zero-order chi connectivity index (χ0) is 15.2. The van der Waals surface area contributed by atoms with Crippen LogP contribution in [0.2, 0.25) is 10.0 Å². The van der Waals surface area contributed by atoms with Crippen molar-refractivity contribution in [2.75, 3.05) is 11.9 Å². The number of rotatable bonds is 5. The van der Waals surface area contributed by atoms with Crippen LogP contribution in [0.4, 0.5) is 5.69 Å². The summed E-state index contributed by atoms with van der Waals surface area (Å²) in [5.41, 5.74) is 0.785. The summed E-state index contributed by atoms with van der Waals surface area (Å²) >= 11 is 11.8. The average molecular weight is 324 g/mol. The van der Waals surface area contributed by atoms with Crippen LogP contribution in [0.1, 0.15) is 10.4 Å². The van der Waals surface area contributed by atoms with E-state index in [1.165, 1.54) is 0 Å². The number of anilines is 1. The van der Waals surface area contributed by atoms with Gasteiger partial charge in [0.2, 0.25) is 0 Å². The number of hydrogen-bond acceptors (Lipinski definition) is 3. The molecule has 21 heavy (non-hydrogen) atoms. The van der Waals surface area contributed by atoms with Gasteiger partial charge in [-0.2, -0.15) is 0 Å². The number of para-hydroxylation sites is 1. The summed E-state index contributed by atoms with van der Waals surface area (Å²) in [6, 6.07) is 11.4. The van der Waals surface area contributed by atoms with E-state index in [0.29, 0.717) is 33.3 Å². The van der Waals surface area contributed by atoms with Crippen molar-refractivity contribution < 1.29 is 14.3 Å². The van der Waals surface area contributed by atoms with E-state index in [-0.39, 0.29) is 6.61 Å². The Kier molecular flexibility index (Phi) is 5.20. The van der Waals surface area contributed by atoms with Gasteiger partial charge in [-0.05, 0) is 30.3 Å². The van der Waals surface area contributed by atoms with Crippen molar-refractivity contribution in [3.63, 3.8) is 0 Å². The Labute approximate surface area is 131 Å². The summed E-state index contributed by atoms with van der Waals surface area (Å²) in [7, 11) is 0. The van der Waals surface area contributed by atoms with Crippen molar-refractivity contribution in [3.05, 3.63) is 58.1 Å². The Morgan fingerprint density at radius 1 is 1.19 bits per heavy atom. The summed E-state index contributed by atoms with van der Waals surface area (Å²) in [5, 5.41) is 3.43. The van der Waals surface area contributed by atoms with Gasteiger partial charge in [0.05, 0.1) is 16.3 Å². The lowest BCUT2D eigenvalue weighted by atomic mass is 10.2. The molecule has 2 aromatic rings. The molecule has 6 heteroatoms. The van der Waals surface area contributed by atoms with Crippen LogP contribution in [0.3, 0.4) is 0 Å². The van der Waals surface area contributed by atoms with Crippen LogP contribution in [-0.4, -0.2) is 18.8 Å². The fourth-order valence-electron chi connectivity index (χ4n) is 1.63. The van der Waals surface area contributed by atoms with Crippen molar-refractivity contribution >= 4 is 41.1 Å². The first-order valence-electron chi connectivity index (χ1n) is 6.02. The molecular weight excluding hydrogens is 313 g/mol. The van der Waals surface area contributed by atoms with Gasteiger partial charge < -0.3 is 10.1 Å². The molecule has 0 radical (unpaired) electrons. The van der Waals surface area contributed by atoms with E-state index < -0.39 is 5.91 Å². The number of carbonyl (C=O) groups is 2. The molecule has 0 bridgehead atoms. The average Bonchev–Trinajstić information content (AvgIpc) is 2.49. The standard InChI is InChI=1S/C15H11Cl2NO3/c16-11-5-6-12(17)13(7-11)18-15(20)9-21-14-4-2-1-3-10(14)8-19/h1-8H,9H2,(H,18,20). The van der Waals surface area contributed by atoms with Crippen LogP contribution in [0.25, 0.3) is 0 Å². The van der Waals surface area contributed by atoms with Crippen molar-refractivity contribution in [1.82, 2.24) is 0 Å². The second-order valence-corrected chi connectivity index (χ2v) is 4.96. The second-order valence-electron chi connectivity index (χ2n) is 4.12. The third-order valence-electron chi connectivity index (χ3n) is 2.61.